The van der Waals surface area contributed by atoms with Crippen molar-refractivity contribution < 1.29 is 9.90 Å². The van der Waals surface area contributed by atoms with Gasteiger partial charge < -0.3 is 10.4 Å². The lowest BCUT2D eigenvalue weighted by Crippen LogP contribution is -2.44. The van der Waals surface area contributed by atoms with Crippen molar-refractivity contribution in [3.8, 4) is 5.75 Å². The van der Waals surface area contributed by atoms with E-state index >= 15 is 0 Å². The average Bonchev–Trinajstić information content (AvgIpc) is 2.35. The van der Waals surface area contributed by atoms with E-state index in [1.54, 1.807) is 6.07 Å². The normalized spacial score (nSPS) is 14.1. The van der Waals surface area contributed by atoms with Crippen molar-refractivity contribution >= 4 is 5.91 Å². The summed E-state index contributed by atoms with van der Waals surface area (Å²) in [5.74, 6) is 0.682. The number of aromatic hydroxyl groups is 1. The topological polar surface area (TPSA) is 61.4 Å². The second-order valence-electron chi connectivity index (χ2n) is 5.81. The smallest absolute Gasteiger partial charge is 0.236 e. The fourth-order valence-corrected chi connectivity index (χ4v) is 2.02. The van der Waals surface area contributed by atoms with Gasteiger partial charge in [-0.25, -0.2) is 0 Å². The average molecular weight is 278 g/mol. The van der Waals surface area contributed by atoms with E-state index in [1.165, 1.54) is 0 Å². The molecule has 0 saturated carbocycles. The Bertz CT molecular complexity index is 458. The molecule has 0 spiro atoms. The number of aryl methyl sites for hydroxylation is 1. The maximum atomic E-state index is 11.9. The van der Waals surface area contributed by atoms with Gasteiger partial charge in [-0.2, -0.15) is 0 Å². The molecular formula is C16H26N2O2. The summed E-state index contributed by atoms with van der Waals surface area (Å²) in [7, 11) is 0. The summed E-state index contributed by atoms with van der Waals surface area (Å²) < 4.78 is 0. The first-order valence-electron chi connectivity index (χ1n) is 7.14. The number of amides is 1. The van der Waals surface area contributed by atoms with Gasteiger partial charge in [0.25, 0.3) is 0 Å². The molecule has 0 bridgehead atoms. The Morgan fingerprint density at radius 1 is 1.25 bits per heavy atom. The van der Waals surface area contributed by atoms with Crippen LogP contribution in [0.15, 0.2) is 18.2 Å². The monoisotopic (exact) mass is 278 g/mol. The Morgan fingerprint density at radius 3 is 2.45 bits per heavy atom. The largest absolute Gasteiger partial charge is 0.508 e. The van der Waals surface area contributed by atoms with Crippen LogP contribution in [-0.2, 0) is 4.79 Å². The standard InChI is InChI=1S/C16H26N2O2/c1-10(2)9-17-16(20)13(5)18-12(4)14-7-6-11(3)8-15(14)19/h6-8,10,12-13,18-19H,9H2,1-5H3,(H,17,20). The van der Waals surface area contributed by atoms with Crippen molar-refractivity contribution in [3.63, 3.8) is 0 Å². The molecule has 4 heteroatoms. The summed E-state index contributed by atoms with van der Waals surface area (Å²) in [4.78, 5) is 11.9. The van der Waals surface area contributed by atoms with Crippen LogP contribution in [0, 0.1) is 12.8 Å². The predicted molar refractivity (Wildman–Crippen MR) is 81.7 cm³/mol. The molecule has 0 aromatic heterocycles. The highest BCUT2D eigenvalue weighted by molar-refractivity contribution is 5.81. The Morgan fingerprint density at radius 2 is 1.90 bits per heavy atom. The van der Waals surface area contributed by atoms with Gasteiger partial charge in [0.2, 0.25) is 5.91 Å². The van der Waals surface area contributed by atoms with E-state index in [0.29, 0.717) is 12.5 Å². The zero-order chi connectivity index (χ0) is 15.3. The first-order valence-corrected chi connectivity index (χ1v) is 7.14. The molecule has 0 aliphatic heterocycles. The lowest BCUT2D eigenvalue weighted by molar-refractivity contribution is -0.123. The quantitative estimate of drug-likeness (QED) is 0.749. The zero-order valence-corrected chi connectivity index (χ0v) is 13.0. The highest BCUT2D eigenvalue weighted by Crippen LogP contribution is 2.25. The maximum absolute atomic E-state index is 11.9. The van der Waals surface area contributed by atoms with Crippen molar-refractivity contribution in [2.75, 3.05) is 6.54 Å². The van der Waals surface area contributed by atoms with Crippen LogP contribution in [-0.4, -0.2) is 23.6 Å². The Hall–Kier alpha value is -1.55. The molecule has 0 saturated heterocycles. The van der Waals surface area contributed by atoms with Crippen LogP contribution < -0.4 is 10.6 Å². The van der Waals surface area contributed by atoms with Crippen LogP contribution in [0.2, 0.25) is 0 Å². The first-order chi connectivity index (χ1) is 9.31. The van der Waals surface area contributed by atoms with E-state index in [-0.39, 0.29) is 23.7 Å². The van der Waals surface area contributed by atoms with E-state index in [0.717, 1.165) is 11.1 Å². The molecule has 4 nitrogen and oxygen atoms in total. The molecular weight excluding hydrogens is 252 g/mol. The summed E-state index contributed by atoms with van der Waals surface area (Å²) >= 11 is 0. The maximum Gasteiger partial charge on any atom is 0.236 e. The van der Waals surface area contributed by atoms with Gasteiger partial charge in [0.15, 0.2) is 0 Å². The highest BCUT2D eigenvalue weighted by Gasteiger charge is 2.18. The molecule has 1 amide bonds. The van der Waals surface area contributed by atoms with Crippen molar-refractivity contribution in [2.24, 2.45) is 5.92 Å². The van der Waals surface area contributed by atoms with E-state index in [2.05, 4.69) is 24.5 Å². The SMILES string of the molecule is Cc1ccc(C(C)NC(C)C(=O)NCC(C)C)c(O)c1. The van der Waals surface area contributed by atoms with Gasteiger partial charge in [0.05, 0.1) is 6.04 Å². The Balaban J connectivity index is 2.60. The number of rotatable bonds is 6. The number of hydrogen-bond donors (Lipinski definition) is 3. The van der Waals surface area contributed by atoms with Gasteiger partial charge in [-0.3, -0.25) is 10.1 Å². The van der Waals surface area contributed by atoms with Crippen LogP contribution in [0.1, 0.15) is 44.9 Å². The molecule has 1 aromatic rings. The van der Waals surface area contributed by atoms with Gasteiger partial charge in [-0.05, 0) is 38.3 Å². The number of phenolic OH excluding ortho intramolecular Hbond substituents is 1. The number of carbonyl (C=O) groups is 1. The Kier molecular flexibility index (Phi) is 6.02. The van der Waals surface area contributed by atoms with Crippen molar-refractivity contribution in [2.45, 2.75) is 46.7 Å². The van der Waals surface area contributed by atoms with Crippen molar-refractivity contribution in [1.29, 1.82) is 0 Å². The van der Waals surface area contributed by atoms with E-state index in [4.69, 9.17) is 0 Å². The van der Waals surface area contributed by atoms with Crippen LogP contribution in [0.4, 0.5) is 0 Å². The summed E-state index contributed by atoms with van der Waals surface area (Å²) in [5.41, 5.74) is 1.82. The van der Waals surface area contributed by atoms with Gasteiger partial charge in [-0.1, -0.05) is 26.0 Å². The molecule has 0 aliphatic carbocycles. The summed E-state index contributed by atoms with van der Waals surface area (Å²) in [6, 6.07) is 5.19. The lowest BCUT2D eigenvalue weighted by Gasteiger charge is -2.21. The van der Waals surface area contributed by atoms with Gasteiger partial charge >= 0.3 is 0 Å². The minimum atomic E-state index is -0.301. The van der Waals surface area contributed by atoms with E-state index < -0.39 is 0 Å². The predicted octanol–water partition coefficient (Wildman–Crippen LogP) is 2.51. The third-order valence-electron chi connectivity index (χ3n) is 3.23. The minimum Gasteiger partial charge on any atom is -0.508 e. The van der Waals surface area contributed by atoms with Gasteiger partial charge in [0.1, 0.15) is 5.75 Å². The summed E-state index contributed by atoms with van der Waals surface area (Å²) in [5, 5.41) is 16.1. The molecule has 0 aliphatic rings. The van der Waals surface area contributed by atoms with E-state index in [9.17, 15) is 9.90 Å². The fourth-order valence-electron chi connectivity index (χ4n) is 2.02. The summed E-state index contributed by atoms with van der Waals surface area (Å²) in [6.45, 7) is 10.5. The first kappa shape index (κ1) is 16.5. The number of benzene rings is 1. The molecule has 112 valence electrons. The highest BCUT2D eigenvalue weighted by atomic mass is 16.3. The number of hydrogen-bond acceptors (Lipinski definition) is 3. The van der Waals surface area contributed by atoms with Gasteiger partial charge in [0, 0.05) is 18.2 Å². The molecule has 0 heterocycles. The molecule has 3 N–H and O–H groups in total. The third-order valence-corrected chi connectivity index (χ3v) is 3.23. The molecule has 2 unspecified atom stereocenters. The number of carbonyl (C=O) groups excluding carboxylic acids is 1. The summed E-state index contributed by atoms with van der Waals surface area (Å²) in [6.07, 6.45) is 0. The molecule has 2 atom stereocenters. The lowest BCUT2D eigenvalue weighted by atomic mass is 10.0. The van der Waals surface area contributed by atoms with Crippen molar-refractivity contribution in [1.82, 2.24) is 10.6 Å². The van der Waals surface area contributed by atoms with E-state index in [1.807, 2.05) is 32.9 Å². The molecule has 0 radical (unpaired) electrons. The van der Waals surface area contributed by atoms with Crippen LogP contribution in [0.5, 0.6) is 5.75 Å². The number of phenols is 1. The van der Waals surface area contributed by atoms with Crippen LogP contribution in [0.25, 0.3) is 0 Å². The molecule has 1 rings (SSSR count). The second kappa shape index (κ2) is 7.29. The van der Waals surface area contributed by atoms with Gasteiger partial charge in [-0.15, -0.1) is 0 Å². The van der Waals surface area contributed by atoms with Crippen LogP contribution in [0.3, 0.4) is 0 Å². The zero-order valence-electron chi connectivity index (χ0n) is 13.0. The molecule has 20 heavy (non-hydrogen) atoms. The minimum absolute atomic E-state index is 0.0165. The Labute approximate surface area is 121 Å². The third kappa shape index (κ3) is 4.85. The fraction of sp³-hybridized carbons (Fsp3) is 0.562. The molecule has 1 aromatic carbocycles. The van der Waals surface area contributed by atoms with Crippen LogP contribution >= 0.6 is 0 Å². The number of nitrogens with one attached hydrogen (secondary N) is 2. The van der Waals surface area contributed by atoms with Crippen molar-refractivity contribution in [3.05, 3.63) is 29.3 Å². The second-order valence-corrected chi connectivity index (χ2v) is 5.81. The molecule has 0 fully saturated rings.